The Balaban J connectivity index is 2.32. The Labute approximate surface area is 91.8 Å². The molecule has 0 bridgehead atoms. The smallest absolute Gasteiger partial charge is 0.237 e. The maximum absolute atomic E-state index is 11.7. The van der Waals surface area contributed by atoms with E-state index in [4.69, 9.17) is 11.5 Å². The van der Waals surface area contributed by atoms with Crippen molar-refractivity contribution >= 4 is 5.91 Å². The van der Waals surface area contributed by atoms with Crippen molar-refractivity contribution in [1.82, 2.24) is 5.32 Å². The van der Waals surface area contributed by atoms with Gasteiger partial charge in [-0.15, -0.1) is 0 Å². The van der Waals surface area contributed by atoms with Gasteiger partial charge in [-0.1, -0.05) is 13.8 Å². The zero-order chi connectivity index (χ0) is 11.4. The fraction of sp³-hybridized carbons (Fsp3) is 0.909. The minimum atomic E-state index is -0.388. The van der Waals surface area contributed by atoms with Crippen molar-refractivity contribution in [2.24, 2.45) is 17.4 Å². The summed E-state index contributed by atoms with van der Waals surface area (Å²) in [5, 5.41) is 3.00. The summed E-state index contributed by atoms with van der Waals surface area (Å²) in [7, 11) is 0. The fourth-order valence-corrected chi connectivity index (χ4v) is 1.86. The first-order chi connectivity index (χ1) is 7.00. The van der Waals surface area contributed by atoms with E-state index in [1.807, 2.05) is 13.8 Å². The Kier molecular flexibility index (Phi) is 4.54. The highest BCUT2D eigenvalue weighted by molar-refractivity contribution is 5.82. The number of carbonyl (C=O) groups excluding carboxylic acids is 1. The van der Waals surface area contributed by atoms with Crippen LogP contribution in [0, 0.1) is 5.92 Å². The minimum Gasteiger partial charge on any atom is -0.352 e. The molecule has 0 saturated heterocycles. The van der Waals surface area contributed by atoms with Crippen molar-refractivity contribution < 1.29 is 4.79 Å². The Morgan fingerprint density at radius 2 is 1.80 bits per heavy atom. The first-order valence-corrected chi connectivity index (χ1v) is 5.82. The molecule has 1 fully saturated rings. The zero-order valence-electron chi connectivity index (χ0n) is 9.70. The summed E-state index contributed by atoms with van der Waals surface area (Å²) >= 11 is 0. The summed E-state index contributed by atoms with van der Waals surface area (Å²) in [6.07, 6.45) is 3.97. The molecule has 0 aromatic rings. The lowest BCUT2D eigenvalue weighted by Gasteiger charge is -2.28. The van der Waals surface area contributed by atoms with Gasteiger partial charge in [0.25, 0.3) is 0 Å². The molecule has 0 heterocycles. The Hall–Kier alpha value is -0.610. The standard InChI is InChI=1S/C11H23N3O/c1-7(2)10(13)11(15)14-9-5-3-8(12)4-6-9/h7-10H,3-6,12-13H2,1-2H3,(H,14,15)/t8?,9?,10-/m0/s1. The largest absolute Gasteiger partial charge is 0.352 e. The van der Waals surface area contributed by atoms with E-state index in [1.165, 1.54) is 0 Å². The van der Waals surface area contributed by atoms with Gasteiger partial charge in [-0.3, -0.25) is 4.79 Å². The van der Waals surface area contributed by atoms with Gasteiger partial charge < -0.3 is 16.8 Å². The number of nitrogens with one attached hydrogen (secondary N) is 1. The molecule has 15 heavy (non-hydrogen) atoms. The van der Waals surface area contributed by atoms with Crippen molar-refractivity contribution in [2.45, 2.75) is 57.7 Å². The molecule has 4 heteroatoms. The highest BCUT2D eigenvalue weighted by atomic mass is 16.2. The van der Waals surface area contributed by atoms with Gasteiger partial charge >= 0.3 is 0 Å². The average molecular weight is 213 g/mol. The van der Waals surface area contributed by atoms with E-state index in [1.54, 1.807) is 0 Å². The molecule has 1 amide bonds. The van der Waals surface area contributed by atoms with Crippen molar-refractivity contribution in [1.29, 1.82) is 0 Å². The molecule has 88 valence electrons. The van der Waals surface area contributed by atoms with Crippen molar-refractivity contribution in [3.05, 3.63) is 0 Å². The summed E-state index contributed by atoms with van der Waals surface area (Å²) in [5.74, 6) is 0.168. The summed E-state index contributed by atoms with van der Waals surface area (Å²) < 4.78 is 0. The summed E-state index contributed by atoms with van der Waals surface area (Å²) in [5.41, 5.74) is 11.6. The van der Waals surface area contributed by atoms with Crippen LogP contribution < -0.4 is 16.8 Å². The third-order valence-corrected chi connectivity index (χ3v) is 3.14. The highest BCUT2D eigenvalue weighted by Crippen LogP contribution is 2.17. The minimum absolute atomic E-state index is 0.0227. The molecule has 1 rings (SSSR count). The highest BCUT2D eigenvalue weighted by Gasteiger charge is 2.23. The van der Waals surface area contributed by atoms with Crippen molar-refractivity contribution in [3.63, 3.8) is 0 Å². The van der Waals surface area contributed by atoms with E-state index in [2.05, 4.69) is 5.32 Å². The van der Waals surface area contributed by atoms with Gasteiger partial charge in [0.2, 0.25) is 5.91 Å². The number of nitrogens with two attached hydrogens (primary N) is 2. The van der Waals surface area contributed by atoms with Crippen LogP contribution in [0.1, 0.15) is 39.5 Å². The molecular weight excluding hydrogens is 190 g/mol. The van der Waals surface area contributed by atoms with Crippen LogP contribution in [0.3, 0.4) is 0 Å². The van der Waals surface area contributed by atoms with Crippen molar-refractivity contribution in [2.75, 3.05) is 0 Å². The Bertz CT molecular complexity index is 210. The normalized spacial score (nSPS) is 28.9. The van der Waals surface area contributed by atoms with E-state index < -0.39 is 0 Å². The van der Waals surface area contributed by atoms with Gasteiger partial charge in [0.05, 0.1) is 6.04 Å². The van der Waals surface area contributed by atoms with Crippen LogP contribution in [0.15, 0.2) is 0 Å². The number of hydrogen-bond acceptors (Lipinski definition) is 3. The second-order valence-electron chi connectivity index (χ2n) is 4.89. The van der Waals surface area contributed by atoms with Crippen LogP contribution in [0.25, 0.3) is 0 Å². The molecule has 0 unspecified atom stereocenters. The number of rotatable bonds is 3. The van der Waals surface area contributed by atoms with Gasteiger partial charge in [-0.25, -0.2) is 0 Å². The topological polar surface area (TPSA) is 81.1 Å². The zero-order valence-corrected chi connectivity index (χ0v) is 9.70. The third-order valence-electron chi connectivity index (χ3n) is 3.14. The SMILES string of the molecule is CC(C)[C@H](N)C(=O)NC1CCC(N)CC1. The summed E-state index contributed by atoms with van der Waals surface area (Å²) in [4.78, 5) is 11.7. The second kappa shape index (κ2) is 5.47. The molecule has 1 aliphatic carbocycles. The van der Waals surface area contributed by atoms with Gasteiger partial charge in [-0.2, -0.15) is 0 Å². The molecule has 0 radical (unpaired) electrons. The molecule has 0 aromatic carbocycles. The van der Waals surface area contributed by atoms with E-state index in [-0.39, 0.29) is 23.9 Å². The maximum atomic E-state index is 11.7. The lowest BCUT2D eigenvalue weighted by molar-refractivity contribution is -0.124. The number of amides is 1. The lowest BCUT2D eigenvalue weighted by atomic mass is 9.91. The fourth-order valence-electron chi connectivity index (χ4n) is 1.86. The van der Waals surface area contributed by atoms with Crippen molar-refractivity contribution in [3.8, 4) is 0 Å². The van der Waals surface area contributed by atoms with E-state index >= 15 is 0 Å². The molecule has 1 atom stereocenters. The molecule has 0 spiro atoms. The predicted octanol–water partition coefficient (Wildman–Crippen LogP) is 0.356. The molecular formula is C11H23N3O. The van der Waals surface area contributed by atoms with Gasteiger partial charge in [0, 0.05) is 12.1 Å². The van der Waals surface area contributed by atoms with Crippen LogP contribution >= 0.6 is 0 Å². The van der Waals surface area contributed by atoms with E-state index in [0.717, 1.165) is 25.7 Å². The van der Waals surface area contributed by atoms with Crippen LogP contribution in [-0.4, -0.2) is 24.0 Å². The molecule has 0 aliphatic heterocycles. The molecule has 1 aliphatic rings. The molecule has 4 nitrogen and oxygen atoms in total. The van der Waals surface area contributed by atoms with E-state index in [0.29, 0.717) is 6.04 Å². The molecule has 0 aromatic heterocycles. The van der Waals surface area contributed by atoms with Crippen LogP contribution in [0.5, 0.6) is 0 Å². The first kappa shape index (κ1) is 12.5. The number of hydrogen-bond donors (Lipinski definition) is 3. The van der Waals surface area contributed by atoms with E-state index in [9.17, 15) is 4.79 Å². The lowest BCUT2D eigenvalue weighted by Crippen LogP contribution is -2.49. The number of carbonyl (C=O) groups is 1. The summed E-state index contributed by atoms with van der Waals surface area (Å²) in [6, 6.07) is 0.208. The summed E-state index contributed by atoms with van der Waals surface area (Å²) in [6.45, 7) is 3.92. The predicted molar refractivity (Wildman–Crippen MR) is 61.2 cm³/mol. The monoisotopic (exact) mass is 213 g/mol. The molecule has 1 saturated carbocycles. The quantitative estimate of drug-likeness (QED) is 0.633. The van der Waals surface area contributed by atoms with Gasteiger partial charge in [-0.05, 0) is 31.6 Å². The Morgan fingerprint density at radius 3 is 2.27 bits per heavy atom. The van der Waals surface area contributed by atoms with Crippen LogP contribution in [-0.2, 0) is 4.79 Å². The third kappa shape index (κ3) is 3.80. The molecule has 5 N–H and O–H groups in total. The second-order valence-corrected chi connectivity index (χ2v) is 4.89. The first-order valence-electron chi connectivity index (χ1n) is 5.82. The van der Waals surface area contributed by atoms with Crippen LogP contribution in [0.2, 0.25) is 0 Å². The van der Waals surface area contributed by atoms with Gasteiger partial charge in [0.1, 0.15) is 0 Å². The Morgan fingerprint density at radius 1 is 1.27 bits per heavy atom. The van der Waals surface area contributed by atoms with Gasteiger partial charge in [0.15, 0.2) is 0 Å². The average Bonchev–Trinajstić information content (AvgIpc) is 2.20. The van der Waals surface area contributed by atoms with Crippen LogP contribution in [0.4, 0.5) is 0 Å². The maximum Gasteiger partial charge on any atom is 0.237 e.